The molecule has 0 unspecified atom stereocenters. The maximum Gasteiger partial charge on any atom is 0.256 e. The lowest BCUT2D eigenvalue weighted by molar-refractivity contribution is 0.1000. The van der Waals surface area contributed by atoms with Crippen molar-refractivity contribution in [2.75, 3.05) is 49.2 Å². The molecule has 0 atom stereocenters. The van der Waals surface area contributed by atoms with E-state index in [4.69, 9.17) is 16.2 Å². The molecule has 0 spiro atoms. The number of nitrogens with zero attached hydrogens (tertiary/aromatic N) is 5. The van der Waals surface area contributed by atoms with Gasteiger partial charge in [-0.2, -0.15) is 4.98 Å². The number of primary amides is 1. The molecule has 1 amide bonds. The first kappa shape index (κ1) is 23.8. The van der Waals surface area contributed by atoms with Crippen LogP contribution >= 0.6 is 0 Å². The molecule has 11 nitrogen and oxygen atoms in total. The third kappa shape index (κ3) is 4.17. The van der Waals surface area contributed by atoms with Gasteiger partial charge in [-0.1, -0.05) is 0 Å². The number of nitrogens with one attached hydrogen (secondary N) is 1. The van der Waals surface area contributed by atoms with Crippen LogP contribution in [0.2, 0.25) is 0 Å². The van der Waals surface area contributed by atoms with Gasteiger partial charge in [0.1, 0.15) is 22.9 Å². The molecular formula is C24H29FN8O3. The van der Waals surface area contributed by atoms with Crippen molar-refractivity contribution in [2.24, 2.45) is 5.73 Å². The number of rotatable bonds is 7. The number of aromatic nitrogens is 3. The SMILES string of the molecule is CCn1c(N)c(C(N)=O)c(=O)c2cnc(Nc3cc(F)c(N4CCN(C5CC5)CC4)cc3OC)nc21. The Labute approximate surface area is 206 Å². The molecule has 190 valence electrons. The van der Waals surface area contributed by atoms with Gasteiger partial charge in [-0.3, -0.25) is 14.5 Å². The molecule has 12 heteroatoms. The molecule has 1 aromatic carbocycles. The first-order valence-electron chi connectivity index (χ1n) is 11.9. The Morgan fingerprint density at radius 2 is 1.97 bits per heavy atom. The number of fused-ring (bicyclic) bond motifs is 1. The molecule has 1 saturated heterocycles. The summed E-state index contributed by atoms with van der Waals surface area (Å²) in [6, 6.07) is 3.72. The molecule has 3 heterocycles. The highest BCUT2D eigenvalue weighted by atomic mass is 19.1. The molecule has 1 saturated carbocycles. The summed E-state index contributed by atoms with van der Waals surface area (Å²) >= 11 is 0. The molecule has 0 radical (unpaired) electrons. The van der Waals surface area contributed by atoms with Gasteiger partial charge >= 0.3 is 0 Å². The first-order chi connectivity index (χ1) is 17.3. The van der Waals surface area contributed by atoms with E-state index in [1.54, 1.807) is 13.0 Å². The largest absolute Gasteiger partial charge is 0.494 e. The molecule has 1 aliphatic carbocycles. The van der Waals surface area contributed by atoms with E-state index < -0.39 is 11.3 Å². The standard InChI is InChI=1S/C24H29FN8O3/c1-3-33-21(26)19(22(27)35)20(34)14-12-28-24(30-23(14)33)29-16-10-15(25)17(11-18(16)36-2)32-8-6-31(7-9-32)13-4-5-13/h10-13H,3-9,26H2,1-2H3,(H2,27,35)(H,28,29,30). The van der Waals surface area contributed by atoms with Gasteiger partial charge in [0.2, 0.25) is 11.4 Å². The Morgan fingerprint density at radius 3 is 2.58 bits per heavy atom. The van der Waals surface area contributed by atoms with Gasteiger partial charge in [-0.25, -0.2) is 9.37 Å². The predicted octanol–water partition coefficient (Wildman–Crippen LogP) is 1.67. The Hall–Kier alpha value is -3.93. The van der Waals surface area contributed by atoms with Gasteiger partial charge in [-0.05, 0) is 19.8 Å². The van der Waals surface area contributed by atoms with Crippen LogP contribution in [0.5, 0.6) is 5.75 Å². The molecule has 5 N–H and O–H groups in total. The van der Waals surface area contributed by atoms with Crippen molar-refractivity contribution in [3.63, 3.8) is 0 Å². The van der Waals surface area contributed by atoms with Crippen molar-refractivity contribution in [3.05, 3.63) is 39.9 Å². The van der Waals surface area contributed by atoms with Crippen LogP contribution in [0, 0.1) is 5.82 Å². The number of carbonyl (C=O) groups is 1. The highest BCUT2D eigenvalue weighted by Gasteiger charge is 2.32. The van der Waals surface area contributed by atoms with Crippen molar-refractivity contribution in [1.82, 2.24) is 19.4 Å². The van der Waals surface area contributed by atoms with E-state index in [-0.39, 0.29) is 34.2 Å². The molecule has 0 bridgehead atoms. The zero-order valence-electron chi connectivity index (χ0n) is 20.3. The maximum atomic E-state index is 15.2. The number of amides is 1. The lowest BCUT2D eigenvalue weighted by atomic mass is 10.1. The third-order valence-electron chi connectivity index (χ3n) is 6.84. The van der Waals surface area contributed by atoms with E-state index in [2.05, 4.69) is 20.2 Å². The van der Waals surface area contributed by atoms with E-state index in [9.17, 15) is 9.59 Å². The molecule has 2 fully saturated rings. The van der Waals surface area contributed by atoms with Crippen molar-refractivity contribution >= 4 is 40.1 Å². The zero-order valence-corrected chi connectivity index (χ0v) is 20.3. The minimum Gasteiger partial charge on any atom is -0.494 e. The molecule has 3 aromatic rings. The first-order valence-corrected chi connectivity index (χ1v) is 11.9. The van der Waals surface area contributed by atoms with Crippen molar-refractivity contribution in [3.8, 4) is 5.75 Å². The smallest absolute Gasteiger partial charge is 0.256 e. The Morgan fingerprint density at radius 1 is 1.25 bits per heavy atom. The average Bonchev–Trinajstić information content (AvgIpc) is 3.70. The lowest BCUT2D eigenvalue weighted by Crippen LogP contribution is -2.47. The number of ether oxygens (including phenoxy) is 1. The molecular weight excluding hydrogens is 467 g/mol. The van der Waals surface area contributed by atoms with Crippen LogP contribution in [0.15, 0.2) is 23.1 Å². The van der Waals surface area contributed by atoms with Crippen LogP contribution in [-0.4, -0.2) is 64.7 Å². The summed E-state index contributed by atoms with van der Waals surface area (Å²) in [5.74, 6) is -0.838. The topological polar surface area (TPSA) is 145 Å². The van der Waals surface area contributed by atoms with E-state index in [1.807, 2.05) is 4.90 Å². The van der Waals surface area contributed by atoms with Crippen molar-refractivity contribution in [1.29, 1.82) is 0 Å². The number of carbonyl (C=O) groups excluding carboxylic acids is 1. The predicted molar refractivity (Wildman–Crippen MR) is 135 cm³/mol. The monoisotopic (exact) mass is 496 g/mol. The summed E-state index contributed by atoms with van der Waals surface area (Å²) < 4.78 is 22.3. The number of nitrogens with two attached hydrogens (primary N) is 2. The summed E-state index contributed by atoms with van der Waals surface area (Å²) in [4.78, 5) is 37.6. The average molecular weight is 497 g/mol. The highest BCUT2D eigenvalue weighted by Crippen LogP contribution is 2.35. The molecule has 1 aliphatic heterocycles. The van der Waals surface area contributed by atoms with Crippen molar-refractivity contribution in [2.45, 2.75) is 32.4 Å². The second kappa shape index (κ2) is 9.26. The minimum atomic E-state index is -0.918. The van der Waals surface area contributed by atoms with Gasteiger partial charge in [0.25, 0.3) is 5.91 Å². The number of piperazine rings is 1. The van der Waals surface area contributed by atoms with Crippen LogP contribution in [0.4, 0.5) is 27.5 Å². The third-order valence-corrected chi connectivity index (χ3v) is 6.84. The number of anilines is 4. The number of hydrogen-bond donors (Lipinski definition) is 3. The zero-order chi connectivity index (χ0) is 25.6. The van der Waals surface area contributed by atoms with Gasteiger partial charge in [0.15, 0.2) is 5.65 Å². The quantitative estimate of drug-likeness (QED) is 0.445. The van der Waals surface area contributed by atoms with Gasteiger partial charge in [0.05, 0.1) is 23.9 Å². The molecule has 36 heavy (non-hydrogen) atoms. The molecule has 2 aromatic heterocycles. The van der Waals surface area contributed by atoms with Crippen LogP contribution in [0.1, 0.15) is 30.1 Å². The van der Waals surface area contributed by atoms with Crippen LogP contribution in [-0.2, 0) is 6.54 Å². The fourth-order valence-corrected chi connectivity index (χ4v) is 4.80. The van der Waals surface area contributed by atoms with E-state index >= 15 is 4.39 Å². The van der Waals surface area contributed by atoms with Crippen LogP contribution in [0.25, 0.3) is 11.0 Å². The Bertz CT molecular complexity index is 1400. The Kier molecular flexibility index (Phi) is 6.12. The number of aryl methyl sites for hydroxylation is 1. The number of methoxy groups -OCH3 is 1. The van der Waals surface area contributed by atoms with Crippen molar-refractivity contribution < 1.29 is 13.9 Å². The summed E-state index contributed by atoms with van der Waals surface area (Å²) in [6.45, 7) is 5.46. The summed E-state index contributed by atoms with van der Waals surface area (Å²) in [7, 11) is 1.51. The highest BCUT2D eigenvalue weighted by molar-refractivity contribution is 6.00. The van der Waals surface area contributed by atoms with E-state index in [1.165, 1.54) is 36.8 Å². The number of pyridine rings is 1. The van der Waals surface area contributed by atoms with Gasteiger partial charge < -0.3 is 31.0 Å². The second-order valence-electron chi connectivity index (χ2n) is 9.01. The summed E-state index contributed by atoms with van der Waals surface area (Å²) in [5.41, 5.74) is 11.5. The fourth-order valence-electron chi connectivity index (χ4n) is 4.80. The van der Waals surface area contributed by atoms with E-state index in [0.717, 1.165) is 26.2 Å². The fraction of sp³-hybridized carbons (Fsp3) is 0.417. The Balaban J connectivity index is 1.46. The number of benzene rings is 1. The summed E-state index contributed by atoms with van der Waals surface area (Å²) in [6.07, 6.45) is 3.81. The molecule has 2 aliphatic rings. The second-order valence-corrected chi connectivity index (χ2v) is 9.01. The maximum absolute atomic E-state index is 15.2. The number of nitrogen functional groups attached to an aromatic ring is 1. The number of hydrogen-bond acceptors (Lipinski definition) is 9. The minimum absolute atomic E-state index is 0.0677. The number of halogens is 1. The summed E-state index contributed by atoms with van der Waals surface area (Å²) in [5, 5.41) is 3.08. The molecule has 5 rings (SSSR count). The normalized spacial score (nSPS) is 16.4. The van der Waals surface area contributed by atoms with Crippen LogP contribution in [0.3, 0.4) is 0 Å². The van der Waals surface area contributed by atoms with E-state index in [0.29, 0.717) is 29.7 Å². The van der Waals surface area contributed by atoms with Crippen LogP contribution < -0.4 is 31.8 Å². The van der Waals surface area contributed by atoms with Gasteiger partial charge in [0, 0.05) is 57.1 Å². The van der Waals surface area contributed by atoms with Gasteiger partial charge in [-0.15, -0.1) is 0 Å². The lowest BCUT2D eigenvalue weighted by Gasteiger charge is -2.36.